The van der Waals surface area contributed by atoms with Gasteiger partial charge in [0.1, 0.15) is 0 Å². The fourth-order valence-corrected chi connectivity index (χ4v) is 2.66. The number of nitrogens with zero attached hydrogens (tertiary/aromatic N) is 2. The Kier molecular flexibility index (Phi) is 3.03. The minimum absolute atomic E-state index is 0.168. The van der Waals surface area contributed by atoms with Gasteiger partial charge in [-0.05, 0) is 19.3 Å². The van der Waals surface area contributed by atoms with Crippen LogP contribution in [0.25, 0.3) is 10.8 Å². The summed E-state index contributed by atoms with van der Waals surface area (Å²) < 4.78 is 0. The van der Waals surface area contributed by atoms with E-state index in [4.69, 9.17) is 5.11 Å². The van der Waals surface area contributed by atoms with Gasteiger partial charge in [0.15, 0.2) is 5.82 Å². The van der Waals surface area contributed by atoms with E-state index in [0.717, 1.165) is 29.4 Å². The van der Waals surface area contributed by atoms with E-state index >= 15 is 0 Å². The number of aliphatic carboxylic acids is 1. The largest absolute Gasteiger partial charge is 0.481 e. The van der Waals surface area contributed by atoms with E-state index < -0.39 is 5.97 Å². The lowest BCUT2D eigenvalue weighted by atomic mass is 10.1. The lowest BCUT2D eigenvalue weighted by molar-refractivity contribution is -0.141. The van der Waals surface area contributed by atoms with Gasteiger partial charge in [0.05, 0.1) is 12.1 Å². The van der Waals surface area contributed by atoms with E-state index in [1.165, 1.54) is 0 Å². The van der Waals surface area contributed by atoms with E-state index in [-0.39, 0.29) is 12.0 Å². The zero-order valence-electron chi connectivity index (χ0n) is 10.4. The molecule has 19 heavy (non-hydrogen) atoms. The van der Waals surface area contributed by atoms with Gasteiger partial charge in [0.2, 0.25) is 0 Å². The number of carbonyl (C=O) groups is 1. The van der Waals surface area contributed by atoms with Gasteiger partial charge in [-0.2, -0.15) is 5.10 Å². The number of carboxylic acid groups (broad SMARTS) is 1. The zero-order chi connectivity index (χ0) is 13.2. The molecule has 98 valence electrons. The van der Waals surface area contributed by atoms with Crippen LogP contribution >= 0.6 is 0 Å². The van der Waals surface area contributed by atoms with Crippen LogP contribution in [0.3, 0.4) is 0 Å². The second-order valence-electron chi connectivity index (χ2n) is 4.97. The van der Waals surface area contributed by atoms with Crippen molar-refractivity contribution in [2.24, 2.45) is 5.92 Å². The number of anilines is 1. The summed E-state index contributed by atoms with van der Waals surface area (Å²) in [4.78, 5) is 11.0. The van der Waals surface area contributed by atoms with Crippen LogP contribution in [-0.4, -0.2) is 27.3 Å². The van der Waals surface area contributed by atoms with E-state index in [0.29, 0.717) is 6.42 Å². The average Bonchev–Trinajstić information content (AvgIpc) is 2.88. The number of hydrogen-bond donors (Lipinski definition) is 2. The van der Waals surface area contributed by atoms with Crippen molar-refractivity contribution in [1.82, 2.24) is 10.2 Å². The predicted octanol–water partition coefficient (Wildman–Crippen LogP) is 2.29. The van der Waals surface area contributed by atoms with Crippen LogP contribution in [0.1, 0.15) is 19.3 Å². The van der Waals surface area contributed by atoms with Crippen LogP contribution in [0.5, 0.6) is 0 Å². The van der Waals surface area contributed by atoms with E-state index in [2.05, 4.69) is 15.5 Å². The average molecular weight is 257 g/mol. The fourth-order valence-electron chi connectivity index (χ4n) is 2.66. The molecule has 2 N–H and O–H groups in total. The molecular weight excluding hydrogens is 242 g/mol. The molecule has 1 aromatic heterocycles. The second-order valence-corrected chi connectivity index (χ2v) is 4.97. The Balaban J connectivity index is 1.81. The summed E-state index contributed by atoms with van der Waals surface area (Å²) >= 11 is 0. The highest BCUT2D eigenvalue weighted by Crippen LogP contribution is 2.29. The number of aromatic nitrogens is 2. The van der Waals surface area contributed by atoms with Gasteiger partial charge in [-0.1, -0.05) is 24.3 Å². The Morgan fingerprint density at radius 1 is 1.32 bits per heavy atom. The Hall–Kier alpha value is -2.17. The van der Waals surface area contributed by atoms with E-state index in [9.17, 15) is 4.79 Å². The molecule has 0 aliphatic heterocycles. The number of nitrogens with one attached hydrogen (secondary N) is 1. The molecular formula is C14H15N3O2. The SMILES string of the molecule is O=C(O)[C@@H]1CC[C@H](Nc2nncc3ccccc23)C1. The molecule has 2 aromatic rings. The van der Waals surface area contributed by atoms with Crippen LogP contribution in [-0.2, 0) is 4.79 Å². The van der Waals surface area contributed by atoms with Crippen molar-refractivity contribution in [3.05, 3.63) is 30.5 Å². The summed E-state index contributed by atoms with van der Waals surface area (Å²) in [5.41, 5.74) is 0. The maximum Gasteiger partial charge on any atom is 0.306 e. The van der Waals surface area contributed by atoms with Gasteiger partial charge in [-0.15, -0.1) is 5.10 Å². The first-order valence-electron chi connectivity index (χ1n) is 6.44. The minimum atomic E-state index is -0.701. The first-order valence-corrected chi connectivity index (χ1v) is 6.44. The lowest BCUT2D eigenvalue weighted by Crippen LogP contribution is -2.19. The molecule has 0 unspecified atom stereocenters. The predicted molar refractivity (Wildman–Crippen MR) is 71.9 cm³/mol. The Bertz CT molecular complexity index is 609. The summed E-state index contributed by atoms with van der Waals surface area (Å²) in [5.74, 6) is -0.192. The maximum absolute atomic E-state index is 11.0. The molecule has 1 saturated carbocycles. The highest BCUT2D eigenvalue weighted by atomic mass is 16.4. The van der Waals surface area contributed by atoms with Crippen molar-refractivity contribution < 1.29 is 9.90 Å². The third-order valence-electron chi connectivity index (χ3n) is 3.69. The topological polar surface area (TPSA) is 75.1 Å². The van der Waals surface area contributed by atoms with Gasteiger partial charge in [-0.25, -0.2) is 0 Å². The van der Waals surface area contributed by atoms with E-state index in [1.807, 2.05) is 24.3 Å². The molecule has 1 aliphatic carbocycles. The van der Waals surface area contributed by atoms with Crippen LogP contribution in [0.2, 0.25) is 0 Å². The molecule has 0 spiro atoms. The normalized spacial score (nSPS) is 22.5. The summed E-state index contributed by atoms with van der Waals surface area (Å²) in [6.45, 7) is 0. The monoisotopic (exact) mass is 257 g/mol. The van der Waals surface area contributed by atoms with Crippen molar-refractivity contribution in [2.75, 3.05) is 5.32 Å². The number of rotatable bonds is 3. The Morgan fingerprint density at radius 2 is 2.16 bits per heavy atom. The van der Waals surface area contributed by atoms with Gasteiger partial charge < -0.3 is 10.4 Å². The minimum Gasteiger partial charge on any atom is -0.481 e. The molecule has 2 atom stereocenters. The Labute approximate surface area is 110 Å². The van der Waals surface area contributed by atoms with Crippen LogP contribution in [0.4, 0.5) is 5.82 Å². The highest BCUT2D eigenvalue weighted by Gasteiger charge is 2.30. The van der Waals surface area contributed by atoms with Crippen molar-refractivity contribution in [3.8, 4) is 0 Å². The molecule has 0 radical (unpaired) electrons. The van der Waals surface area contributed by atoms with Crippen molar-refractivity contribution >= 4 is 22.6 Å². The van der Waals surface area contributed by atoms with Crippen LogP contribution in [0.15, 0.2) is 30.5 Å². The quantitative estimate of drug-likeness (QED) is 0.882. The van der Waals surface area contributed by atoms with Crippen molar-refractivity contribution in [3.63, 3.8) is 0 Å². The highest BCUT2D eigenvalue weighted by molar-refractivity contribution is 5.90. The molecule has 1 fully saturated rings. The number of benzene rings is 1. The third-order valence-corrected chi connectivity index (χ3v) is 3.69. The number of fused-ring (bicyclic) bond motifs is 1. The Morgan fingerprint density at radius 3 is 2.95 bits per heavy atom. The molecule has 3 rings (SSSR count). The summed E-state index contributed by atoms with van der Waals surface area (Å²) in [6, 6.07) is 8.08. The van der Waals surface area contributed by atoms with Gasteiger partial charge in [0, 0.05) is 16.8 Å². The molecule has 1 aliphatic rings. The zero-order valence-corrected chi connectivity index (χ0v) is 10.4. The number of carboxylic acids is 1. The molecule has 0 bridgehead atoms. The summed E-state index contributed by atoms with van der Waals surface area (Å²) in [5, 5.41) is 22.5. The van der Waals surface area contributed by atoms with Crippen molar-refractivity contribution in [1.29, 1.82) is 0 Å². The van der Waals surface area contributed by atoms with Crippen molar-refractivity contribution in [2.45, 2.75) is 25.3 Å². The molecule has 0 amide bonds. The van der Waals surface area contributed by atoms with Gasteiger partial charge in [0.25, 0.3) is 0 Å². The van der Waals surface area contributed by atoms with E-state index in [1.54, 1.807) is 6.20 Å². The first kappa shape index (κ1) is 11.9. The third kappa shape index (κ3) is 2.36. The van der Waals surface area contributed by atoms with Gasteiger partial charge >= 0.3 is 5.97 Å². The molecule has 1 heterocycles. The molecule has 5 nitrogen and oxygen atoms in total. The second kappa shape index (κ2) is 4.84. The summed E-state index contributed by atoms with van der Waals surface area (Å²) in [6.07, 6.45) is 3.97. The first-order chi connectivity index (χ1) is 9.24. The standard InChI is InChI=1S/C14H15N3O2/c18-14(19)9-5-6-11(7-9)16-13-12-4-2-1-3-10(12)8-15-17-13/h1-4,8-9,11H,5-7H2,(H,16,17)(H,18,19)/t9-,11+/m1/s1. The fraction of sp³-hybridized carbons (Fsp3) is 0.357. The maximum atomic E-state index is 11.0. The smallest absolute Gasteiger partial charge is 0.306 e. The van der Waals surface area contributed by atoms with Crippen LogP contribution < -0.4 is 5.32 Å². The molecule has 5 heteroatoms. The number of hydrogen-bond acceptors (Lipinski definition) is 4. The molecule has 0 saturated heterocycles. The summed E-state index contributed by atoms with van der Waals surface area (Å²) in [7, 11) is 0. The van der Waals surface area contributed by atoms with Crippen LogP contribution in [0, 0.1) is 5.92 Å². The molecule has 1 aromatic carbocycles. The lowest BCUT2D eigenvalue weighted by Gasteiger charge is -2.14. The van der Waals surface area contributed by atoms with Gasteiger partial charge in [-0.3, -0.25) is 4.79 Å².